The number of fused-ring (bicyclic) bond motifs is 6. The Morgan fingerprint density at radius 3 is 1.45 bits per heavy atom. The molecule has 0 atom stereocenters. The molecular weight excluding hydrogens is 785 g/mol. The SMILES string of the molecule is CC1(C)c2ccccc2-c2ccc(N(c3ccc(-c4ccccc4)cc3)c3ccc(-c4ccccc4-n4c5ccccc5c5ccc(-c6ccc(-c7ccccc7)cc6)cc54)cc3)cc21. The van der Waals surface area contributed by atoms with Gasteiger partial charge in [0, 0.05) is 38.8 Å². The van der Waals surface area contributed by atoms with Gasteiger partial charge in [0.25, 0.3) is 0 Å². The third-order valence-electron chi connectivity index (χ3n) is 13.6. The summed E-state index contributed by atoms with van der Waals surface area (Å²) in [5, 5.41) is 2.48. The second-order valence-electron chi connectivity index (χ2n) is 17.7. The van der Waals surface area contributed by atoms with Gasteiger partial charge in [0.05, 0.1) is 16.7 Å². The van der Waals surface area contributed by atoms with Crippen molar-refractivity contribution < 1.29 is 0 Å². The molecular formula is C63H46N2. The predicted molar refractivity (Wildman–Crippen MR) is 275 cm³/mol. The van der Waals surface area contributed by atoms with Crippen molar-refractivity contribution in [3.05, 3.63) is 254 Å². The fourth-order valence-corrected chi connectivity index (χ4v) is 10.3. The van der Waals surface area contributed by atoms with E-state index in [2.05, 4.69) is 266 Å². The van der Waals surface area contributed by atoms with Gasteiger partial charge >= 0.3 is 0 Å². The first kappa shape index (κ1) is 38.5. The summed E-state index contributed by atoms with van der Waals surface area (Å²) >= 11 is 0. The molecule has 308 valence electrons. The Morgan fingerprint density at radius 2 is 0.769 bits per heavy atom. The molecule has 0 aliphatic heterocycles. The van der Waals surface area contributed by atoms with E-state index < -0.39 is 0 Å². The van der Waals surface area contributed by atoms with Gasteiger partial charge in [0.1, 0.15) is 0 Å². The Kier molecular flexibility index (Phi) is 9.21. The van der Waals surface area contributed by atoms with Crippen LogP contribution in [0.3, 0.4) is 0 Å². The van der Waals surface area contributed by atoms with Gasteiger partial charge in [0.15, 0.2) is 0 Å². The Morgan fingerprint density at radius 1 is 0.308 bits per heavy atom. The highest BCUT2D eigenvalue weighted by Gasteiger charge is 2.35. The van der Waals surface area contributed by atoms with Crippen LogP contribution in [0.4, 0.5) is 17.1 Å². The van der Waals surface area contributed by atoms with Crippen LogP contribution in [0.1, 0.15) is 25.0 Å². The molecule has 0 spiro atoms. The summed E-state index contributed by atoms with van der Waals surface area (Å²) in [5.41, 5.74) is 21.7. The van der Waals surface area contributed by atoms with Crippen LogP contribution in [-0.4, -0.2) is 4.57 Å². The van der Waals surface area contributed by atoms with E-state index in [4.69, 9.17) is 0 Å². The number of nitrogens with zero attached hydrogens (tertiary/aromatic N) is 2. The minimum absolute atomic E-state index is 0.112. The summed E-state index contributed by atoms with van der Waals surface area (Å²) in [7, 11) is 0. The first-order valence-corrected chi connectivity index (χ1v) is 22.6. The third-order valence-corrected chi connectivity index (χ3v) is 13.6. The Balaban J connectivity index is 0.954. The smallest absolute Gasteiger partial charge is 0.0547 e. The molecule has 0 radical (unpaired) electrons. The van der Waals surface area contributed by atoms with Gasteiger partial charge < -0.3 is 9.47 Å². The van der Waals surface area contributed by atoms with Crippen LogP contribution in [0, 0.1) is 0 Å². The second-order valence-corrected chi connectivity index (χ2v) is 17.7. The summed E-state index contributed by atoms with van der Waals surface area (Å²) in [6.07, 6.45) is 0. The highest BCUT2D eigenvalue weighted by Crippen LogP contribution is 2.51. The average Bonchev–Trinajstić information content (AvgIpc) is 3.82. The van der Waals surface area contributed by atoms with Gasteiger partial charge in [-0.1, -0.05) is 202 Å². The summed E-state index contributed by atoms with van der Waals surface area (Å²) in [6, 6.07) is 88.8. The zero-order valence-electron chi connectivity index (χ0n) is 36.5. The van der Waals surface area contributed by atoms with Crippen molar-refractivity contribution in [2.45, 2.75) is 19.3 Å². The van der Waals surface area contributed by atoms with Crippen LogP contribution < -0.4 is 4.90 Å². The Bertz CT molecular complexity index is 3520. The molecule has 10 aromatic carbocycles. The van der Waals surface area contributed by atoms with E-state index in [1.807, 2.05) is 0 Å². The molecule has 0 saturated heterocycles. The lowest BCUT2D eigenvalue weighted by molar-refractivity contribution is 0.660. The molecule has 0 fully saturated rings. The maximum absolute atomic E-state index is 2.46. The molecule has 0 saturated carbocycles. The molecule has 0 amide bonds. The van der Waals surface area contributed by atoms with Crippen LogP contribution in [0.2, 0.25) is 0 Å². The Hall–Kier alpha value is -8.20. The third kappa shape index (κ3) is 6.57. The molecule has 65 heavy (non-hydrogen) atoms. The number of benzene rings is 10. The first-order valence-electron chi connectivity index (χ1n) is 22.6. The van der Waals surface area contributed by atoms with Crippen molar-refractivity contribution in [3.63, 3.8) is 0 Å². The van der Waals surface area contributed by atoms with Gasteiger partial charge in [-0.3, -0.25) is 0 Å². The van der Waals surface area contributed by atoms with Crippen LogP contribution in [0.5, 0.6) is 0 Å². The fraction of sp³-hybridized carbons (Fsp3) is 0.0476. The zero-order valence-corrected chi connectivity index (χ0v) is 36.5. The lowest BCUT2D eigenvalue weighted by Gasteiger charge is -2.28. The molecule has 1 aromatic heterocycles. The second kappa shape index (κ2) is 15.6. The molecule has 0 unspecified atom stereocenters. The molecule has 2 nitrogen and oxygen atoms in total. The molecule has 1 aliphatic rings. The number of rotatable bonds is 8. The van der Waals surface area contributed by atoms with Gasteiger partial charge in [-0.25, -0.2) is 0 Å². The maximum atomic E-state index is 2.46. The van der Waals surface area contributed by atoms with Crippen molar-refractivity contribution in [1.82, 2.24) is 4.57 Å². The van der Waals surface area contributed by atoms with E-state index in [1.54, 1.807) is 0 Å². The number of aromatic nitrogens is 1. The standard InChI is InChI=1S/C63H46N2/c1-63(2)58-22-12-9-20-54(58)55-40-38-52(42-59(55)63)64(50-34-29-46(30-35-50)44-17-7-4-8-18-44)51-36-31-48(32-37-51)53-19-10-13-23-60(53)65-61-24-14-11-21-56(61)57-39-33-49(41-62(57)65)47-27-25-45(26-28-47)43-15-5-3-6-16-43/h3-42H,1-2H3. The highest BCUT2D eigenvalue weighted by atomic mass is 15.1. The fourth-order valence-electron chi connectivity index (χ4n) is 10.3. The zero-order chi connectivity index (χ0) is 43.5. The van der Waals surface area contributed by atoms with E-state index in [9.17, 15) is 0 Å². The summed E-state index contributed by atoms with van der Waals surface area (Å²) in [4.78, 5) is 2.41. The van der Waals surface area contributed by atoms with E-state index in [0.717, 1.165) is 28.3 Å². The lowest BCUT2D eigenvalue weighted by Crippen LogP contribution is -2.16. The predicted octanol–water partition coefficient (Wildman–Crippen LogP) is 17.2. The molecule has 11 aromatic rings. The van der Waals surface area contributed by atoms with E-state index in [1.165, 1.54) is 83.0 Å². The maximum Gasteiger partial charge on any atom is 0.0547 e. The molecule has 2 heteroatoms. The van der Waals surface area contributed by atoms with Crippen molar-refractivity contribution in [1.29, 1.82) is 0 Å². The van der Waals surface area contributed by atoms with E-state index in [-0.39, 0.29) is 5.41 Å². The summed E-state index contributed by atoms with van der Waals surface area (Å²) in [5.74, 6) is 0. The largest absolute Gasteiger partial charge is 0.310 e. The highest BCUT2D eigenvalue weighted by molar-refractivity contribution is 6.10. The van der Waals surface area contributed by atoms with Crippen molar-refractivity contribution in [2.24, 2.45) is 0 Å². The van der Waals surface area contributed by atoms with Crippen molar-refractivity contribution in [3.8, 4) is 61.3 Å². The van der Waals surface area contributed by atoms with E-state index >= 15 is 0 Å². The topological polar surface area (TPSA) is 8.17 Å². The number of hydrogen-bond donors (Lipinski definition) is 0. The first-order chi connectivity index (χ1) is 32.0. The number of hydrogen-bond acceptors (Lipinski definition) is 1. The van der Waals surface area contributed by atoms with Gasteiger partial charge in [-0.15, -0.1) is 0 Å². The number of para-hydroxylation sites is 2. The van der Waals surface area contributed by atoms with Crippen LogP contribution in [-0.2, 0) is 5.41 Å². The van der Waals surface area contributed by atoms with Crippen LogP contribution in [0.15, 0.2) is 243 Å². The molecule has 12 rings (SSSR count). The van der Waals surface area contributed by atoms with Crippen molar-refractivity contribution in [2.75, 3.05) is 4.90 Å². The Labute approximate surface area is 381 Å². The van der Waals surface area contributed by atoms with Crippen LogP contribution in [0.25, 0.3) is 83.1 Å². The summed E-state index contributed by atoms with van der Waals surface area (Å²) in [6.45, 7) is 4.71. The molecule has 0 bridgehead atoms. The van der Waals surface area contributed by atoms with Crippen molar-refractivity contribution >= 4 is 38.9 Å². The molecule has 0 N–H and O–H groups in total. The van der Waals surface area contributed by atoms with Crippen LogP contribution >= 0.6 is 0 Å². The monoisotopic (exact) mass is 830 g/mol. The minimum atomic E-state index is -0.112. The minimum Gasteiger partial charge on any atom is -0.310 e. The van der Waals surface area contributed by atoms with E-state index in [0.29, 0.717) is 0 Å². The molecule has 1 aliphatic carbocycles. The molecule has 1 heterocycles. The van der Waals surface area contributed by atoms with Gasteiger partial charge in [-0.05, 0) is 116 Å². The van der Waals surface area contributed by atoms with Gasteiger partial charge in [-0.2, -0.15) is 0 Å². The number of anilines is 3. The quantitative estimate of drug-likeness (QED) is 0.148. The summed E-state index contributed by atoms with van der Waals surface area (Å²) < 4.78 is 2.46. The lowest BCUT2D eigenvalue weighted by atomic mass is 9.82. The van der Waals surface area contributed by atoms with Gasteiger partial charge in [0.2, 0.25) is 0 Å². The average molecular weight is 831 g/mol. The normalized spacial score (nSPS) is 12.6.